The highest BCUT2D eigenvalue weighted by Crippen LogP contribution is 2.29. The number of benzene rings is 1. The lowest BCUT2D eigenvalue weighted by Gasteiger charge is -2.36. The third-order valence-electron chi connectivity index (χ3n) is 4.07. The van der Waals surface area contributed by atoms with Crippen LogP contribution in [0.3, 0.4) is 0 Å². The quantitative estimate of drug-likeness (QED) is 0.832. The van der Waals surface area contributed by atoms with Crippen molar-refractivity contribution in [3.8, 4) is 0 Å². The molecule has 22 heavy (non-hydrogen) atoms. The van der Waals surface area contributed by atoms with E-state index in [9.17, 15) is 19.1 Å². The van der Waals surface area contributed by atoms with E-state index in [1.54, 1.807) is 17.2 Å². The number of piperazine rings is 1. The lowest BCUT2D eigenvalue weighted by atomic mass is 10.0. The molecule has 1 fully saturated rings. The summed E-state index contributed by atoms with van der Waals surface area (Å²) in [5.74, 6) is -1.32. The molecule has 1 aliphatic heterocycles. The minimum absolute atomic E-state index is 0.368. The van der Waals surface area contributed by atoms with Crippen LogP contribution >= 0.6 is 0 Å². The van der Waals surface area contributed by atoms with E-state index in [1.807, 2.05) is 4.90 Å². The Labute approximate surface area is 126 Å². The molecule has 6 nitrogen and oxygen atoms in total. The number of carbonyl (C=O) groups excluding carboxylic acids is 1. The standard InChI is InChI=1S/C15H16FN3O3/c16-10-1-2-11-12(8-17-13(11)7-10)14(15(21)22)19-5-3-18(9-20)4-6-19/h1-2,7-9,14,17H,3-6H2,(H,21,22)/t14-/m1/s1. The number of carboxylic acids is 1. The number of nitrogens with zero attached hydrogens (tertiary/aromatic N) is 2. The van der Waals surface area contributed by atoms with E-state index < -0.39 is 12.0 Å². The SMILES string of the molecule is O=CN1CCN([C@@H](C(=O)O)c2c[nH]c3cc(F)ccc23)CC1. The maximum absolute atomic E-state index is 13.3. The Morgan fingerprint density at radius 2 is 2.05 bits per heavy atom. The fourth-order valence-electron chi connectivity index (χ4n) is 2.93. The lowest BCUT2D eigenvalue weighted by Crippen LogP contribution is -2.48. The number of carboxylic acid groups (broad SMARTS) is 1. The van der Waals surface area contributed by atoms with Crippen molar-refractivity contribution in [1.29, 1.82) is 0 Å². The summed E-state index contributed by atoms with van der Waals surface area (Å²) in [5, 5.41) is 10.3. The highest BCUT2D eigenvalue weighted by atomic mass is 19.1. The molecule has 3 rings (SSSR count). The Morgan fingerprint density at radius 1 is 1.32 bits per heavy atom. The number of amides is 1. The van der Waals surface area contributed by atoms with Crippen LogP contribution < -0.4 is 0 Å². The highest BCUT2D eigenvalue weighted by molar-refractivity contribution is 5.89. The number of nitrogens with one attached hydrogen (secondary N) is 1. The first-order valence-corrected chi connectivity index (χ1v) is 7.03. The number of carbonyl (C=O) groups is 2. The molecule has 116 valence electrons. The molecule has 1 atom stereocenters. The van der Waals surface area contributed by atoms with E-state index in [4.69, 9.17) is 0 Å². The van der Waals surface area contributed by atoms with Crippen LogP contribution in [0.15, 0.2) is 24.4 Å². The molecule has 2 N–H and O–H groups in total. The second kappa shape index (κ2) is 5.76. The number of aromatic amines is 1. The largest absolute Gasteiger partial charge is 0.480 e. The molecule has 2 aromatic rings. The Hall–Kier alpha value is -2.41. The minimum atomic E-state index is -0.954. The lowest BCUT2D eigenvalue weighted by molar-refractivity contribution is -0.144. The van der Waals surface area contributed by atoms with Gasteiger partial charge in [-0.2, -0.15) is 0 Å². The van der Waals surface area contributed by atoms with Gasteiger partial charge in [0.1, 0.15) is 11.9 Å². The highest BCUT2D eigenvalue weighted by Gasteiger charge is 2.31. The first kappa shape index (κ1) is 14.5. The minimum Gasteiger partial charge on any atom is -0.480 e. The smallest absolute Gasteiger partial charge is 0.325 e. The van der Waals surface area contributed by atoms with Crippen molar-refractivity contribution in [2.45, 2.75) is 6.04 Å². The van der Waals surface area contributed by atoms with Crippen LogP contribution in [0.5, 0.6) is 0 Å². The van der Waals surface area contributed by atoms with Crippen molar-refractivity contribution in [3.05, 3.63) is 35.8 Å². The van der Waals surface area contributed by atoms with E-state index in [1.165, 1.54) is 12.1 Å². The predicted molar refractivity (Wildman–Crippen MR) is 77.8 cm³/mol. The fraction of sp³-hybridized carbons (Fsp3) is 0.333. The van der Waals surface area contributed by atoms with E-state index in [0.29, 0.717) is 42.6 Å². The number of rotatable bonds is 4. The van der Waals surface area contributed by atoms with Crippen molar-refractivity contribution in [2.24, 2.45) is 0 Å². The van der Waals surface area contributed by atoms with Gasteiger partial charge in [-0.15, -0.1) is 0 Å². The number of fused-ring (bicyclic) bond motifs is 1. The average Bonchev–Trinajstić information content (AvgIpc) is 2.90. The Bertz CT molecular complexity index is 707. The Balaban J connectivity index is 1.93. The van der Waals surface area contributed by atoms with E-state index >= 15 is 0 Å². The van der Waals surface area contributed by atoms with Gasteiger partial charge in [-0.3, -0.25) is 14.5 Å². The van der Waals surface area contributed by atoms with Crippen molar-refractivity contribution in [2.75, 3.05) is 26.2 Å². The maximum atomic E-state index is 13.3. The number of halogens is 1. The number of H-pyrrole nitrogens is 1. The summed E-state index contributed by atoms with van der Waals surface area (Å²) in [6.45, 7) is 1.99. The van der Waals surface area contributed by atoms with Gasteiger partial charge in [0.25, 0.3) is 0 Å². The van der Waals surface area contributed by atoms with Crippen molar-refractivity contribution in [3.63, 3.8) is 0 Å². The predicted octanol–water partition coefficient (Wildman–Crippen LogP) is 1.21. The van der Waals surface area contributed by atoms with Crippen LogP contribution in [-0.4, -0.2) is 58.4 Å². The zero-order valence-electron chi connectivity index (χ0n) is 11.8. The topological polar surface area (TPSA) is 76.6 Å². The van der Waals surface area contributed by atoms with Crippen LogP contribution in [0, 0.1) is 5.82 Å². The third-order valence-corrected chi connectivity index (χ3v) is 4.07. The molecule has 1 aliphatic rings. The van der Waals surface area contributed by atoms with Gasteiger partial charge in [-0.05, 0) is 18.2 Å². The van der Waals surface area contributed by atoms with Crippen LogP contribution in [0.25, 0.3) is 10.9 Å². The molecule has 1 amide bonds. The summed E-state index contributed by atoms with van der Waals surface area (Å²) in [4.78, 5) is 28.9. The molecule has 0 radical (unpaired) electrons. The normalized spacial score (nSPS) is 17.6. The Kier molecular flexibility index (Phi) is 3.81. The molecule has 0 spiro atoms. The molecule has 1 aromatic carbocycles. The van der Waals surface area contributed by atoms with Gasteiger partial charge in [-0.25, -0.2) is 4.39 Å². The second-order valence-electron chi connectivity index (χ2n) is 5.35. The van der Waals surface area contributed by atoms with E-state index in [-0.39, 0.29) is 5.82 Å². The van der Waals surface area contributed by atoms with E-state index in [0.717, 1.165) is 6.41 Å². The first-order chi connectivity index (χ1) is 10.6. The summed E-state index contributed by atoms with van der Waals surface area (Å²) < 4.78 is 13.3. The van der Waals surface area contributed by atoms with Gasteiger partial charge < -0.3 is 15.0 Å². The first-order valence-electron chi connectivity index (χ1n) is 7.03. The van der Waals surface area contributed by atoms with Crippen molar-refractivity contribution in [1.82, 2.24) is 14.8 Å². The number of hydrogen-bond donors (Lipinski definition) is 2. The summed E-state index contributed by atoms with van der Waals surface area (Å²) in [6.07, 6.45) is 2.40. The van der Waals surface area contributed by atoms with Gasteiger partial charge in [0.15, 0.2) is 0 Å². The summed E-state index contributed by atoms with van der Waals surface area (Å²) in [5.41, 5.74) is 1.19. The third kappa shape index (κ3) is 2.55. The van der Waals surface area contributed by atoms with Gasteiger partial charge in [0.05, 0.1) is 0 Å². The molecule has 0 saturated carbocycles. The molecular weight excluding hydrogens is 289 g/mol. The molecule has 0 bridgehead atoms. The van der Waals surface area contributed by atoms with E-state index in [2.05, 4.69) is 4.98 Å². The summed E-state index contributed by atoms with van der Waals surface area (Å²) >= 11 is 0. The molecule has 2 heterocycles. The monoisotopic (exact) mass is 305 g/mol. The molecule has 1 aromatic heterocycles. The maximum Gasteiger partial charge on any atom is 0.325 e. The second-order valence-corrected chi connectivity index (χ2v) is 5.35. The van der Waals surface area contributed by atoms with Crippen molar-refractivity contribution < 1.29 is 19.1 Å². The van der Waals surface area contributed by atoms with Gasteiger partial charge in [0.2, 0.25) is 6.41 Å². The van der Waals surface area contributed by atoms with Crippen LogP contribution in [0.2, 0.25) is 0 Å². The van der Waals surface area contributed by atoms with Crippen molar-refractivity contribution >= 4 is 23.3 Å². The van der Waals surface area contributed by atoms with Gasteiger partial charge in [-0.1, -0.05) is 0 Å². The number of aromatic nitrogens is 1. The number of aliphatic carboxylic acids is 1. The Morgan fingerprint density at radius 3 is 2.68 bits per heavy atom. The van der Waals surface area contributed by atoms with Crippen LogP contribution in [-0.2, 0) is 9.59 Å². The molecule has 1 saturated heterocycles. The average molecular weight is 305 g/mol. The zero-order chi connectivity index (χ0) is 15.7. The summed E-state index contributed by atoms with van der Waals surface area (Å²) in [7, 11) is 0. The molecule has 0 aliphatic carbocycles. The van der Waals surface area contributed by atoms with Crippen LogP contribution in [0.1, 0.15) is 11.6 Å². The molecular formula is C15H16FN3O3. The van der Waals surface area contributed by atoms with Crippen LogP contribution in [0.4, 0.5) is 4.39 Å². The zero-order valence-corrected chi connectivity index (χ0v) is 11.8. The summed E-state index contributed by atoms with van der Waals surface area (Å²) in [6, 6.07) is 3.45. The molecule has 7 heteroatoms. The number of hydrogen-bond acceptors (Lipinski definition) is 3. The fourth-order valence-corrected chi connectivity index (χ4v) is 2.93. The van der Waals surface area contributed by atoms with Gasteiger partial charge >= 0.3 is 5.97 Å². The molecule has 0 unspecified atom stereocenters. The van der Waals surface area contributed by atoms with Gasteiger partial charge in [0, 0.05) is 48.8 Å².